The van der Waals surface area contributed by atoms with Crippen molar-refractivity contribution in [3.63, 3.8) is 0 Å². The van der Waals surface area contributed by atoms with Crippen molar-refractivity contribution in [3.05, 3.63) is 58.3 Å². The summed E-state index contributed by atoms with van der Waals surface area (Å²) in [6.07, 6.45) is 6.17. The smallest absolute Gasteiger partial charge is 0.232 e. The molecule has 0 bridgehead atoms. The first-order valence-electron chi connectivity index (χ1n) is 11.1. The highest BCUT2D eigenvalue weighted by Crippen LogP contribution is 2.42. The first kappa shape index (κ1) is 22.9. The zero-order valence-corrected chi connectivity index (χ0v) is 19.0. The lowest BCUT2D eigenvalue weighted by molar-refractivity contribution is 0.101. The van der Waals surface area contributed by atoms with Gasteiger partial charge in [0.05, 0.1) is 18.2 Å². The van der Waals surface area contributed by atoms with Gasteiger partial charge in [-0.3, -0.25) is 9.69 Å². The summed E-state index contributed by atoms with van der Waals surface area (Å²) in [5.74, 6) is 1.58. The first-order valence-corrected chi connectivity index (χ1v) is 11.1. The average Bonchev–Trinajstić information content (AvgIpc) is 3.09. The second-order valence-electron chi connectivity index (χ2n) is 8.09. The van der Waals surface area contributed by atoms with E-state index >= 15 is 0 Å². The second-order valence-corrected chi connectivity index (χ2v) is 8.09. The molecule has 0 atom stereocenters. The third kappa shape index (κ3) is 5.28. The van der Waals surface area contributed by atoms with Gasteiger partial charge in [0.25, 0.3) is 0 Å². The normalized spacial score (nSPS) is 14.2. The molecular weight excluding hydrogens is 390 g/mol. The van der Waals surface area contributed by atoms with Crippen LogP contribution in [0, 0.1) is 6.92 Å². The van der Waals surface area contributed by atoms with Crippen LogP contribution in [0.5, 0.6) is 17.2 Å². The fraction of sp³-hybridized carbons (Fsp3) is 0.423. The summed E-state index contributed by atoms with van der Waals surface area (Å²) in [4.78, 5) is 15.5. The highest BCUT2D eigenvalue weighted by molar-refractivity contribution is 6.15. The van der Waals surface area contributed by atoms with Gasteiger partial charge in [-0.25, -0.2) is 0 Å². The molecule has 0 saturated carbocycles. The van der Waals surface area contributed by atoms with Crippen molar-refractivity contribution in [2.75, 3.05) is 20.2 Å². The molecule has 0 spiro atoms. The summed E-state index contributed by atoms with van der Waals surface area (Å²) in [6.45, 7) is 8.68. The van der Waals surface area contributed by atoms with Gasteiger partial charge in [0.15, 0.2) is 5.76 Å². The molecule has 1 N–H and O–H groups in total. The van der Waals surface area contributed by atoms with Crippen LogP contribution in [0.25, 0.3) is 6.08 Å². The Morgan fingerprint density at radius 1 is 1.10 bits per heavy atom. The Morgan fingerprint density at radius 3 is 2.32 bits per heavy atom. The number of ether oxygens (including phenoxy) is 2. The van der Waals surface area contributed by atoms with Gasteiger partial charge >= 0.3 is 0 Å². The molecule has 0 aliphatic carbocycles. The van der Waals surface area contributed by atoms with Gasteiger partial charge < -0.3 is 14.6 Å². The van der Waals surface area contributed by atoms with Gasteiger partial charge in [-0.05, 0) is 68.3 Å². The zero-order chi connectivity index (χ0) is 22.4. The Labute approximate surface area is 185 Å². The summed E-state index contributed by atoms with van der Waals surface area (Å²) in [7, 11) is 1.62. The number of unbranched alkanes of at least 4 members (excludes halogenated alkanes) is 2. The van der Waals surface area contributed by atoms with Crippen LogP contribution in [0.15, 0.2) is 36.1 Å². The summed E-state index contributed by atoms with van der Waals surface area (Å²) >= 11 is 0. The van der Waals surface area contributed by atoms with Crippen LogP contribution < -0.4 is 9.47 Å². The molecule has 2 aromatic carbocycles. The minimum atomic E-state index is -0.141. The van der Waals surface area contributed by atoms with E-state index in [2.05, 4.69) is 18.7 Å². The number of fused-ring (bicyclic) bond motifs is 1. The number of benzene rings is 2. The molecule has 166 valence electrons. The van der Waals surface area contributed by atoms with Gasteiger partial charge in [-0.2, -0.15) is 0 Å². The number of Topliss-reactive ketones (excluding diaryl/α,β-unsaturated/α-hetero) is 1. The molecule has 3 rings (SSSR count). The standard InChI is InChI=1S/C26H33NO4/c1-5-7-13-27(14-8-6-2)17-21-22(28)15-18(3)24-25(29)23(31-26(21)24)16-19-9-11-20(30-4)12-10-19/h9-12,15-16,28H,5-8,13-14,17H2,1-4H3/b23-16+. The van der Waals surface area contributed by atoms with Crippen LogP contribution in [0.1, 0.15) is 66.6 Å². The molecule has 0 radical (unpaired) electrons. The number of rotatable bonds is 10. The summed E-state index contributed by atoms with van der Waals surface area (Å²) in [5, 5.41) is 10.7. The lowest BCUT2D eigenvalue weighted by Crippen LogP contribution is -2.26. The number of aryl methyl sites for hydroxylation is 1. The van der Waals surface area contributed by atoms with Crippen molar-refractivity contribution in [2.24, 2.45) is 0 Å². The van der Waals surface area contributed by atoms with E-state index in [1.54, 1.807) is 19.3 Å². The van der Waals surface area contributed by atoms with E-state index < -0.39 is 0 Å². The van der Waals surface area contributed by atoms with Crippen LogP contribution in [0.4, 0.5) is 0 Å². The SMILES string of the molecule is CCCCN(CCCC)Cc1c(O)cc(C)c2c1O/C(=C/c1ccc(OC)cc1)C2=O. The van der Waals surface area contributed by atoms with E-state index in [1.165, 1.54) is 0 Å². The minimum absolute atomic E-state index is 0.141. The number of ketones is 1. The summed E-state index contributed by atoms with van der Waals surface area (Å²) in [5.41, 5.74) is 2.83. The Bertz CT molecular complexity index is 939. The predicted octanol–water partition coefficient (Wildman–Crippen LogP) is 5.73. The van der Waals surface area contributed by atoms with Gasteiger partial charge in [0, 0.05) is 6.54 Å². The number of hydrogen-bond donors (Lipinski definition) is 1. The van der Waals surface area contributed by atoms with E-state index in [9.17, 15) is 9.90 Å². The van der Waals surface area contributed by atoms with Gasteiger partial charge in [0.1, 0.15) is 17.2 Å². The number of carbonyl (C=O) groups excluding carboxylic acids is 1. The number of phenols is 1. The number of carbonyl (C=O) groups is 1. The number of hydrogen-bond acceptors (Lipinski definition) is 5. The maximum atomic E-state index is 13.1. The van der Waals surface area contributed by atoms with E-state index in [0.29, 0.717) is 23.4 Å². The minimum Gasteiger partial charge on any atom is -0.507 e. The third-order valence-corrected chi connectivity index (χ3v) is 5.67. The molecule has 2 aromatic rings. The zero-order valence-electron chi connectivity index (χ0n) is 19.0. The summed E-state index contributed by atoms with van der Waals surface area (Å²) < 4.78 is 11.3. The number of phenolic OH excluding ortho intramolecular Hbond substituents is 1. The van der Waals surface area contributed by atoms with Crippen molar-refractivity contribution in [1.82, 2.24) is 4.90 Å². The molecule has 1 heterocycles. The molecule has 31 heavy (non-hydrogen) atoms. The molecule has 5 heteroatoms. The van der Waals surface area contributed by atoms with Crippen molar-refractivity contribution in [1.29, 1.82) is 0 Å². The highest BCUT2D eigenvalue weighted by atomic mass is 16.5. The quantitative estimate of drug-likeness (QED) is 0.495. The number of methoxy groups -OCH3 is 1. The Kier molecular flexibility index (Phi) is 7.75. The van der Waals surface area contributed by atoms with Gasteiger partial charge in [0.2, 0.25) is 5.78 Å². The fourth-order valence-electron chi connectivity index (χ4n) is 3.84. The molecule has 0 saturated heterocycles. The molecule has 0 unspecified atom stereocenters. The average molecular weight is 424 g/mol. The second kappa shape index (κ2) is 10.5. The molecule has 0 fully saturated rings. The summed E-state index contributed by atoms with van der Waals surface area (Å²) in [6, 6.07) is 9.15. The van der Waals surface area contributed by atoms with Crippen LogP contribution in [-0.4, -0.2) is 36.0 Å². The lowest BCUT2D eigenvalue weighted by atomic mass is 9.99. The molecular formula is C26H33NO4. The van der Waals surface area contributed by atoms with Crippen molar-refractivity contribution < 1.29 is 19.4 Å². The van der Waals surface area contributed by atoms with Crippen LogP contribution in [-0.2, 0) is 6.54 Å². The van der Waals surface area contributed by atoms with Gasteiger partial charge in [-0.15, -0.1) is 0 Å². The number of allylic oxidation sites excluding steroid dienone is 1. The first-order chi connectivity index (χ1) is 15.0. The van der Waals surface area contributed by atoms with E-state index in [0.717, 1.165) is 55.6 Å². The Hall–Kier alpha value is -2.79. The Balaban J connectivity index is 1.92. The molecule has 0 amide bonds. The predicted molar refractivity (Wildman–Crippen MR) is 124 cm³/mol. The number of nitrogens with zero attached hydrogens (tertiary/aromatic N) is 1. The molecule has 5 nitrogen and oxygen atoms in total. The van der Waals surface area contributed by atoms with Crippen molar-refractivity contribution in [2.45, 2.75) is 53.0 Å². The van der Waals surface area contributed by atoms with Crippen molar-refractivity contribution >= 4 is 11.9 Å². The van der Waals surface area contributed by atoms with E-state index in [-0.39, 0.29) is 17.3 Å². The highest BCUT2D eigenvalue weighted by Gasteiger charge is 2.33. The largest absolute Gasteiger partial charge is 0.507 e. The van der Waals surface area contributed by atoms with E-state index in [4.69, 9.17) is 9.47 Å². The Morgan fingerprint density at radius 2 is 1.74 bits per heavy atom. The van der Waals surface area contributed by atoms with Crippen molar-refractivity contribution in [3.8, 4) is 17.2 Å². The maximum absolute atomic E-state index is 13.1. The van der Waals surface area contributed by atoms with Crippen LogP contribution in [0.2, 0.25) is 0 Å². The molecule has 0 aromatic heterocycles. The maximum Gasteiger partial charge on any atom is 0.232 e. The van der Waals surface area contributed by atoms with Crippen LogP contribution >= 0.6 is 0 Å². The fourth-order valence-corrected chi connectivity index (χ4v) is 3.84. The van der Waals surface area contributed by atoms with Gasteiger partial charge in [-0.1, -0.05) is 38.8 Å². The number of aromatic hydroxyl groups is 1. The van der Waals surface area contributed by atoms with E-state index in [1.807, 2.05) is 31.2 Å². The lowest BCUT2D eigenvalue weighted by Gasteiger charge is -2.23. The third-order valence-electron chi connectivity index (χ3n) is 5.67. The van der Waals surface area contributed by atoms with Crippen LogP contribution in [0.3, 0.4) is 0 Å². The molecule has 1 aliphatic rings. The molecule has 1 aliphatic heterocycles. The topological polar surface area (TPSA) is 59.0 Å². The monoisotopic (exact) mass is 423 g/mol.